The monoisotopic (exact) mass is 336 g/mol. The molecule has 0 saturated heterocycles. The zero-order chi connectivity index (χ0) is 13.5. The van der Waals surface area contributed by atoms with Gasteiger partial charge in [0, 0.05) is 0 Å². The molecule has 0 aliphatic rings. The molecule has 0 rings (SSSR count). The maximum Gasteiger partial charge on any atom is 3.00 e. The van der Waals surface area contributed by atoms with Crippen LogP contribution in [0, 0.1) is 0 Å². The molecule has 0 aromatic carbocycles. The summed E-state index contributed by atoms with van der Waals surface area (Å²) in [5.74, 6) is 0. The average Bonchev–Trinajstić information content (AvgIpc) is 1.41. The fourth-order valence-corrected chi connectivity index (χ4v) is 0. The number of rotatable bonds is 0. The fraction of sp³-hybridized carbons (Fsp3) is 0. The molecule has 12 nitrogen and oxygen atoms in total. The smallest absolute Gasteiger partial charge is 0.828 e. The van der Waals surface area contributed by atoms with Crippen LogP contribution < -0.4 is 28.8 Å². The molecule has 0 heterocycles. The van der Waals surface area contributed by atoms with E-state index in [0.29, 0.717) is 0 Å². The molecule has 17 heteroatoms. The quantitative estimate of drug-likeness (QED) is 0.225. The van der Waals surface area contributed by atoms with Gasteiger partial charge in [-0.15, -0.1) is 0 Å². The van der Waals surface area contributed by atoms with Crippen LogP contribution >= 0.6 is 0 Å². The molecule has 0 spiro atoms. The Morgan fingerprint density at radius 3 is 0.412 bits per heavy atom. The van der Waals surface area contributed by atoms with Crippen molar-refractivity contribution in [2.45, 2.75) is 0 Å². The summed E-state index contributed by atoms with van der Waals surface area (Å²) in [6, 6.07) is 0. The van der Waals surface area contributed by atoms with Crippen molar-refractivity contribution in [1.29, 1.82) is 0 Å². The molecule has 96 valence electrons. The summed E-state index contributed by atoms with van der Waals surface area (Å²) in [4.78, 5) is 95.4. The average molecular weight is 336 g/mol. The van der Waals surface area contributed by atoms with E-state index >= 15 is 0 Å². The van der Waals surface area contributed by atoms with Crippen molar-refractivity contribution in [3.05, 3.63) is 0 Å². The minimum Gasteiger partial charge on any atom is -0.828 e. The van der Waals surface area contributed by atoms with E-state index in [9.17, 15) is 0 Å². The summed E-state index contributed by atoms with van der Waals surface area (Å²) < 4.78 is 0. The van der Waals surface area contributed by atoms with Crippen molar-refractivity contribution in [2.24, 2.45) is 0 Å². The minimum absolute atomic E-state index is 0. The second-order valence-corrected chi connectivity index (χ2v) is 4.94. The summed E-state index contributed by atoms with van der Waals surface area (Å²) in [6.45, 7) is 0. The molecule has 6 N–H and O–H groups in total. The third-order valence-electron chi connectivity index (χ3n) is 0. The Bertz CT molecular complexity index is 94.8. The normalized spacial score (nSPS) is 10.6. The fourth-order valence-electron chi connectivity index (χ4n) is 0. The number of hydrogen-bond donors (Lipinski definition) is 6. The van der Waals surface area contributed by atoms with Crippen LogP contribution in [-0.2, 0) is 0 Å². The van der Waals surface area contributed by atoms with Gasteiger partial charge in [-0.2, -0.15) is 0 Å². The summed E-state index contributed by atoms with van der Waals surface area (Å²) in [5, 5.41) is 0. The first-order valence-electron chi connectivity index (χ1n) is 2.57. The molecular weight excluding hydrogens is 330 g/mol. The van der Waals surface area contributed by atoms with Gasteiger partial charge in [-0.1, -0.05) is 0 Å². The largest absolute Gasteiger partial charge is 3.00 e. The summed E-state index contributed by atoms with van der Waals surface area (Å²) in [7, 11) is -15.3. The standard InChI is InChI=1S/2Al.3H2O4Si/c;;3*1-5(2,3)4/h;;3*1-2H/q2*+3;3*-2. The van der Waals surface area contributed by atoms with Crippen LogP contribution in [0.3, 0.4) is 0 Å². The molecule has 0 fully saturated rings. The van der Waals surface area contributed by atoms with Gasteiger partial charge >= 0.3 is 34.7 Å². The second kappa shape index (κ2) is 12.3. The first-order chi connectivity index (χ1) is 6.00. The Labute approximate surface area is 119 Å². The minimum atomic E-state index is -5.11. The van der Waals surface area contributed by atoms with Crippen molar-refractivity contribution in [2.75, 3.05) is 0 Å². The zero-order valence-corrected chi connectivity index (χ0v) is 13.1. The van der Waals surface area contributed by atoms with Gasteiger partial charge in [0.05, 0.1) is 0 Å². The predicted octanol–water partition coefficient (Wildman–Crippen LogP) is -12.4. The van der Waals surface area contributed by atoms with E-state index in [0.717, 1.165) is 0 Å². The van der Waals surface area contributed by atoms with Gasteiger partial charge < -0.3 is 57.5 Å². The SMILES string of the molecule is [Al+3].[Al+3].[O-][Si]([O-])(O)O.[O-][Si]([O-])(O)O.[O-][Si]([O-])(O)O. The van der Waals surface area contributed by atoms with Gasteiger partial charge in [-0.25, -0.2) is 0 Å². The topological polar surface area (TPSA) is 260 Å². The van der Waals surface area contributed by atoms with Gasteiger partial charge in [-0.05, 0) is 0 Å². The van der Waals surface area contributed by atoms with Gasteiger partial charge in [0.2, 0.25) is 0 Å². The van der Waals surface area contributed by atoms with E-state index in [1.54, 1.807) is 0 Å². The third kappa shape index (κ3) is 2620. The van der Waals surface area contributed by atoms with E-state index < -0.39 is 27.1 Å². The molecule has 0 amide bonds. The maximum absolute atomic E-state index is 8.80. The van der Waals surface area contributed by atoms with Crippen LogP contribution in [0.15, 0.2) is 0 Å². The van der Waals surface area contributed by atoms with E-state index in [4.69, 9.17) is 57.5 Å². The zero-order valence-electron chi connectivity index (χ0n) is 7.79. The first-order valence-corrected chi connectivity index (χ1v) is 7.70. The molecule has 0 aliphatic heterocycles. The summed E-state index contributed by atoms with van der Waals surface area (Å²) >= 11 is 0. The van der Waals surface area contributed by atoms with Gasteiger partial charge in [0.25, 0.3) is 0 Å². The molecule has 0 unspecified atom stereocenters. The molecule has 0 aliphatic carbocycles. The predicted molar refractivity (Wildman–Crippen MR) is 42.1 cm³/mol. The molecule has 0 atom stereocenters. The number of hydrogen-bond acceptors (Lipinski definition) is 12. The Morgan fingerprint density at radius 2 is 0.412 bits per heavy atom. The van der Waals surface area contributed by atoms with E-state index in [1.807, 2.05) is 0 Å². The molecular formula is H6Al2O12Si3. The van der Waals surface area contributed by atoms with Gasteiger partial charge in [0.1, 0.15) is 27.1 Å². The van der Waals surface area contributed by atoms with Crippen LogP contribution in [0.25, 0.3) is 0 Å². The van der Waals surface area contributed by atoms with Crippen molar-refractivity contribution in [1.82, 2.24) is 0 Å². The van der Waals surface area contributed by atoms with Gasteiger partial charge in [-0.3, -0.25) is 0 Å². The molecule has 0 bridgehead atoms. The maximum atomic E-state index is 8.80. The van der Waals surface area contributed by atoms with Crippen molar-refractivity contribution >= 4 is 61.9 Å². The van der Waals surface area contributed by atoms with Crippen molar-refractivity contribution in [3.8, 4) is 0 Å². The Hall–Kier alpha value is 1.24. The van der Waals surface area contributed by atoms with Crippen LogP contribution in [0.4, 0.5) is 0 Å². The molecule has 0 aromatic heterocycles. The Morgan fingerprint density at radius 1 is 0.412 bits per heavy atom. The van der Waals surface area contributed by atoms with E-state index in [2.05, 4.69) is 0 Å². The van der Waals surface area contributed by atoms with E-state index in [-0.39, 0.29) is 34.7 Å². The Balaban J connectivity index is -0.0000000400. The van der Waals surface area contributed by atoms with Crippen LogP contribution in [0.5, 0.6) is 0 Å². The van der Waals surface area contributed by atoms with Gasteiger partial charge in [0.15, 0.2) is 0 Å². The van der Waals surface area contributed by atoms with Crippen LogP contribution in [0.1, 0.15) is 0 Å². The first kappa shape index (κ1) is 30.9. The second-order valence-electron chi connectivity index (χ2n) is 1.65. The van der Waals surface area contributed by atoms with Crippen LogP contribution in [-0.4, -0.2) is 90.6 Å². The summed E-state index contributed by atoms with van der Waals surface area (Å²) in [5.41, 5.74) is 0. The molecule has 0 radical (unpaired) electrons. The van der Waals surface area contributed by atoms with Crippen LogP contribution in [0.2, 0.25) is 0 Å². The van der Waals surface area contributed by atoms with E-state index in [1.165, 1.54) is 0 Å². The van der Waals surface area contributed by atoms with Crippen molar-refractivity contribution in [3.63, 3.8) is 0 Å². The third-order valence-corrected chi connectivity index (χ3v) is 0. The molecule has 0 saturated carbocycles. The Kier molecular flexibility index (Phi) is 22.3. The molecule has 17 heavy (non-hydrogen) atoms. The molecule has 0 aromatic rings. The summed E-state index contributed by atoms with van der Waals surface area (Å²) in [6.07, 6.45) is 0. The van der Waals surface area contributed by atoms with Crippen molar-refractivity contribution < 1.29 is 57.5 Å².